The van der Waals surface area contributed by atoms with Crippen molar-refractivity contribution in [3.63, 3.8) is 0 Å². The lowest BCUT2D eigenvalue weighted by molar-refractivity contribution is 0.0295. The van der Waals surface area contributed by atoms with Crippen molar-refractivity contribution in [3.8, 4) is 0 Å². The first-order valence-corrected chi connectivity index (χ1v) is 8.21. The topological polar surface area (TPSA) is 72.4 Å². The zero-order chi connectivity index (χ0) is 15.6. The molecule has 0 spiro atoms. The number of likely N-dealkylation sites (tertiary alicyclic amines) is 1. The number of halogens is 1. The molecule has 1 amide bonds. The molecule has 0 aromatic carbocycles. The van der Waals surface area contributed by atoms with E-state index in [4.69, 9.17) is 16.3 Å². The van der Waals surface area contributed by atoms with E-state index in [9.17, 15) is 9.00 Å². The SMILES string of the molecule is CC(C)(C)OC(=O)N1CC[C@@H]([S@@](=O)c2cc(Cl)ncn2)C1. The summed E-state index contributed by atoms with van der Waals surface area (Å²) in [5.74, 6) is 0. The normalized spacial score (nSPS) is 20.4. The van der Waals surface area contributed by atoms with Gasteiger partial charge in [-0.2, -0.15) is 0 Å². The summed E-state index contributed by atoms with van der Waals surface area (Å²) < 4.78 is 17.8. The van der Waals surface area contributed by atoms with Gasteiger partial charge in [0.25, 0.3) is 0 Å². The highest BCUT2D eigenvalue weighted by Gasteiger charge is 2.33. The average molecular weight is 332 g/mol. The number of carbonyl (C=O) groups is 1. The number of rotatable bonds is 2. The lowest BCUT2D eigenvalue weighted by Crippen LogP contribution is -2.36. The van der Waals surface area contributed by atoms with Gasteiger partial charge in [0.1, 0.15) is 22.1 Å². The van der Waals surface area contributed by atoms with Gasteiger partial charge in [0.2, 0.25) is 0 Å². The fourth-order valence-corrected chi connectivity index (χ4v) is 3.56. The molecule has 2 rings (SSSR count). The number of nitrogens with zero attached hydrogens (tertiary/aromatic N) is 3. The van der Waals surface area contributed by atoms with Gasteiger partial charge in [-0.15, -0.1) is 0 Å². The fraction of sp³-hybridized carbons (Fsp3) is 0.615. The lowest BCUT2D eigenvalue weighted by atomic mass is 10.2. The van der Waals surface area contributed by atoms with Gasteiger partial charge in [-0.1, -0.05) is 11.6 Å². The Morgan fingerprint density at radius 2 is 2.19 bits per heavy atom. The van der Waals surface area contributed by atoms with Gasteiger partial charge < -0.3 is 9.64 Å². The third-order valence-electron chi connectivity index (χ3n) is 2.91. The van der Waals surface area contributed by atoms with E-state index < -0.39 is 16.4 Å². The number of carbonyl (C=O) groups excluding carboxylic acids is 1. The maximum atomic E-state index is 12.4. The maximum absolute atomic E-state index is 12.4. The third-order valence-corrected chi connectivity index (χ3v) is 4.75. The maximum Gasteiger partial charge on any atom is 0.410 e. The van der Waals surface area contributed by atoms with E-state index in [0.29, 0.717) is 24.5 Å². The van der Waals surface area contributed by atoms with Gasteiger partial charge in [0, 0.05) is 19.2 Å². The molecule has 0 bridgehead atoms. The van der Waals surface area contributed by atoms with Gasteiger partial charge in [-0.3, -0.25) is 4.21 Å². The molecule has 2 heterocycles. The zero-order valence-electron chi connectivity index (χ0n) is 12.2. The molecule has 0 aliphatic carbocycles. The standard InChI is InChI=1S/C13H18ClN3O3S/c1-13(2,3)20-12(18)17-5-4-9(7-17)21(19)11-6-10(14)15-8-16-11/h6,8-9H,4-5,7H2,1-3H3/t9-,21-/m1/s1. The number of hydrogen-bond acceptors (Lipinski definition) is 5. The Morgan fingerprint density at radius 1 is 1.48 bits per heavy atom. The highest BCUT2D eigenvalue weighted by atomic mass is 35.5. The Balaban J connectivity index is 1.99. The summed E-state index contributed by atoms with van der Waals surface area (Å²) in [7, 11) is -1.31. The molecule has 1 aromatic heterocycles. The number of ether oxygens (including phenoxy) is 1. The van der Waals surface area contributed by atoms with Crippen LogP contribution in [-0.4, -0.2) is 49.1 Å². The summed E-state index contributed by atoms with van der Waals surface area (Å²) >= 11 is 5.78. The summed E-state index contributed by atoms with van der Waals surface area (Å²) in [6.07, 6.45) is 1.56. The summed E-state index contributed by atoms with van der Waals surface area (Å²) in [4.78, 5) is 21.3. The van der Waals surface area contributed by atoms with Crippen LogP contribution in [0.1, 0.15) is 27.2 Å². The van der Waals surface area contributed by atoms with Crippen molar-refractivity contribution >= 4 is 28.5 Å². The predicted octanol–water partition coefficient (Wildman–Crippen LogP) is 2.25. The summed E-state index contributed by atoms with van der Waals surface area (Å²) in [5.41, 5.74) is -0.533. The molecule has 0 radical (unpaired) electrons. The van der Waals surface area contributed by atoms with Crippen LogP contribution < -0.4 is 0 Å². The monoisotopic (exact) mass is 331 g/mol. The first-order chi connectivity index (χ1) is 9.76. The molecule has 1 aromatic rings. The Morgan fingerprint density at radius 3 is 2.81 bits per heavy atom. The van der Waals surface area contributed by atoms with Crippen LogP contribution in [0.2, 0.25) is 5.15 Å². The molecule has 21 heavy (non-hydrogen) atoms. The third kappa shape index (κ3) is 4.38. The van der Waals surface area contributed by atoms with Gasteiger partial charge >= 0.3 is 6.09 Å². The molecule has 8 heteroatoms. The minimum atomic E-state index is -1.31. The predicted molar refractivity (Wildman–Crippen MR) is 79.7 cm³/mol. The molecule has 1 aliphatic rings. The summed E-state index contributed by atoms with van der Waals surface area (Å²) in [5, 5.41) is 0.491. The van der Waals surface area contributed by atoms with Gasteiger partial charge in [0.15, 0.2) is 0 Å². The lowest BCUT2D eigenvalue weighted by Gasteiger charge is -2.24. The van der Waals surface area contributed by atoms with Crippen molar-refractivity contribution in [1.82, 2.24) is 14.9 Å². The minimum Gasteiger partial charge on any atom is -0.444 e. The minimum absolute atomic E-state index is 0.163. The summed E-state index contributed by atoms with van der Waals surface area (Å²) in [6.45, 7) is 6.38. The van der Waals surface area contributed by atoms with Crippen LogP contribution in [0.25, 0.3) is 0 Å². The zero-order valence-corrected chi connectivity index (χ0v) is 13.8. The van der Waals surface area contributed by atoms with Gasteiger partial charge in [0.05, 0.1) is 16.0 Å². The van der Waals surface area contributed by atoms with E-state index in [1.807, 2.05) is 20.8 Å². The van der Waals surface area contributed by atoms with Crippen LogP contribution >= 0.6 is 11.6 Å². The van der Waals surface area contributed by atoms with Crippen molar-refractivity contribution in [2.45, 2.75) is 43.1 Å². The van der Waals surface area contributed by atoms with Crippen LogP contribution in [0.15, 0.2) is 17.4 Å². The van der Waals surface area contributed by atoms with E-state index in [-0.39, 0.29) is 16.5 Å². The molecule has 1 aliphatic heterocycles. The van der Waals surface area contributed by atoms with Crippen molar-refractivity contribution in [2.75, 3.05) is 13.1 Å². The van der Waals surface area contributed by atoms with Crippen LogP contribution in [0, 0.1) is 0 Å². The molecule has 6 nitrogen and oxygen atoms in total. The second-order valence-corrected chi connectivity index (χ2v) is 7.88. The summed E-state index contributed by atoms with van der Waals surface area (Å²) in [6, 6.07) is 1.49. The van der Waals surface area contributed by atoms with E-state index in [1.165, 1.54) is 12.4 Å². The average Bonchev–Trinajstić information content (AvgIpc) is 2.85. The Labute approximate surface area is 131 Å². The highest BCUT2D eigenvalue weighted by Crippen LogP contribution is 2.22. The Kier molecular flexibility index (Phi) is 4.83. The number of aromatic nitrogens is 2. The molecular formula is C13H18ClN3O3S. The molecule has 2 atom stereocenters. The van der Waals surface area contributed by atoms with E-state index in [2.05, 4.69) is 9.97 Å². The van der Waals surface area contributed by atoms with E-state index in [0.717, 1.165) is 0 Å². The van der Waals surface area contributed by atoms with Crippen molar-refractivity contribution < 1.29 is 13.7 Å². The second kappa shape index (κ2) is 6.27. The Bertz CT molecular complexity index is 562. The smallest absolute Gasteiger partial charge is 0.410 e. The molecule has 1 fully saturated rings. The Hall–Kier alpha value is -1.21. The van der Waals surface area contributed by atoms with Crippen molar-refractivity contribution in [1.29, 1.82) is 0 Å². The second-order valence-electron chi connectivity index (χ2n) is 5.81. The molecular weight excluding hydrogens is 314 g/mol. The fourth-order valence-electron chi connectivity index (χ4n) is 1.99. The van der Waals surface area contributed by atoms with E-state index >= 15 is 0 Å². The largest absolute Gasteiger partial charge is 0.444 e. The molecule has 116 valence electrons. The van der Waals surface area contributed by atoms with Gasteiger partial charge in [-0.25, -0.2) is 14.8 Å². The van der Waals surface area contributed by atoms with Crippen LogP contribution in [0.3, 0.4) is 0 Å². The highest BCUT2D eigenvalue weighted by molar-refractivity contribution is 7.85. The quantitative estimate of drug-likeness (QED) is 0.777. The first kappa shape index (κ1) is 16.2. The molecule has 0 saturated carbocycles. The first-order valence-electron chi connectivity index (χ1n) is 6.62. The van der Waals surface area contributed by atoms with Crippen LogP contribution in [-0.2, 0) is 15.5 Å². The van der Waals surface area contributed by atoms with Crippen molar-refractivity contribution in [2.24, 2.45) is 0 Å². The van der Waals surface area contributed by atoms with Crippen LogP contribution in [0.5, 0.6) is 0 Å². The van der Waals surface area contributed by atoms with E-state index in [1.54, 1.807) is 4.90 Å². The molecule has 0 N–H and O–H groups in total. The number of amides is 1. The van der Waals surface area contributed by atoms with Crippen LogP contribution in [0.4, 0.5) is 4.79 Å². The number of hydrogen-bond donors (Lipinski definition) is 0. The van der Waals surface area contributed by atoms with Crippen molar-refractivity contribution in [3.05, 3.63) is 17.5 Å². The van der Waals surface area contributed by atoms with Gasteiger partial charge in [-0.05, 0) is 27.2 Å². The molecule has 0 unspecified atom stereocenters. The molecule has 1 saturated heterocycles.